The molecule has 1 rings (SSSR count). The van der Waals surface area contributed by atoms with Crippen LogP contribution in [0, 0.1) is 5.41 Å². The molecule has 0 unspecified atom stereocenters. The molecule has 17 heavy (non-hydrogen) atoms. The molecular formula is C14H19ClO2. The number of hydrogen-bond acceptors (Lipinski definition) is 2. The van der Waals surface area contributed by atoms with Crippen molar-refractivity contribution in [2.45, 2.75) is 33.8 Å². The maximum absolute atomic E-state index is 11.6. The minimum Gasteiger partial charge on any atom is -0.369 e. The van der Waals surface area contributed by atoms with Gasteiger partial charge in [-0.1, -0.05) is 44.5 Å². The van der Waals surface area contributed by atoms with E-state index in [2.05, 4.69) is 0 Å². The van der Waals surface area contributed by atoms with Gasteiger partial charge in [-0.25, -0.2) is 0 Å². The zero-order valence-corrected chi connectivity index (χ0v) is 11.4. The van der Waals surface area contributed by atoms with E-state index in [0.29, 0.717) is 18.1 Å². The molecular weight excluding hydrogens is 236 g/mol. The predicted octanol–water partition coefficient (Wildman–Crippen LogP) is 3.86. The van der Waals surface area contributed by atoms with Crippen molar-refractivity contribution in [3.8, 4) is 0 Å². The molecule has 0 radical (unpaired) electrons. The van der Waals surface area contributed by atoms with Crippen molar-refractivity contribution >= 4 is 17.4 Å². The summed E-state index contributed by atoms with van der Waals surface area (Å²) < 4.78 is 5.37. The summed E-state index contributed by atoms with van der Waals surface area (Å²) in [5, 5.41) is 0.687. The lowest BCUT2D eigenvalue weighted by atomic mass is 9.90. The van der Waals surface area contributed by atoms with Crippen LogP contribution in [0.15, 0.2) is 24.3 Å². The average molecular weight is 255 g/mol. The Bertz CT molecular complexity index is 380. The highest BCUT2D eigenvalue weighted by Gasteiger charge is 2.15. The van der Waals surface area contributed by atoms with Crippen LogP contribution in [0.4, 0.5) is 0 Å². The van der Waals surface area contributed by atoms with Crippen LogP contribution in [0.2, 0.25) is 5.02 Å². The molecule has 0 spiro atoms. The number of carbonyl (C=O) groups excluding carboxylic acids is 1. The van der Waals surface area contributed by atoms with Crippen LogP contribution in [-0.2, 0) is 16.1 Å². The Balaban J connectivity index is 2.31. The van der Waals surface area contributed by atoms with Crippen molar-refractivity contribution in [1.29, 1.82) is 0 Å². The first-order valence-corrected chi connectivity index (χ1v) is 6.08. The zero-order valence-electron chi connectivity index (χ0n) is 10.6. The van der Waals surface area contributed by atoms with Gasteiger partial charge < -0.3 is 4.74 Å². The largest absolute Gasteiger partial charge is 0.369 e. The van der Waals surface area contributed by atoms with E-state index >= 15 is 0 Å². The summed E-state index contributed by atoms with van der Waals surface area (Å²) in [6.45, 7) is 6.73. The summed E-state index contributed by atoms with van der Waals surface area (Å²) in [5.74, 6) is 0.138. The van der Waals surface area contributed by atoms with Crippen LogP contribution < -0.4 is 0 Å². The molecule has 0 aliphatic rings. The van der Waals surface area contributed by atoms with E-state index in [1.165, 1.54) is 0 Å². The molecule has 0 N–H and O–H groups in total. The lowest BCUT2D eigenvalue weighted by molar-refractivity contribution is -0.125. The third kappa shape index (κ3) is 6.44. The van der Waals surface area contributed by atoms with Gasteiger partial charge in [0.2, 0.25) is 0 Å². The molecule has 1 aromatic rings. The third-order valence-electron chi connectivity index (χ3n) is 2.15. The minimum absolute atomic E-state index is 0.0243. The van der Waals surface area contributed by atoms with Gasteiger partial charge in [-0.2, -0.15) is 0 Å². The van der Waals surface area contributed by atoms with Crippen molar-refractivity contribution in [3.63, 3.8) is 0 Å². The first-order chi connectivity index (χ1) is 7.87. The fourth-order valence-corrected chi connectivity index (χ4v) is 1.76. The van der Waals surface area contributed by atoms with Gasteiger partial charge in [-0.05, 0) is 23.1 Å². The smallest absolute Gasteiger partial charge is 0.159 e. The standard InChI is InChI=1S/C14H19ClO2/c1-14(2,3)8-13(16)10-17-9-11-5-4-6-12(15)7-11/h4-7H,8-10H2,1-3H3. The molecule has 1 aromatic carbocycles. The molecule has 0 aliphatic carbocycles. The fraction of sp³-hybridized carbons (Fsp3) is 0.500. The number of ether oxygens (including phenoxy) is 1. The SMILES string of the molecule is CC(C)(C)CC(=O)COCc1cccc(Cl)c1. The second-order valence-electron chi connectivity index (χ2n) is 5.40. The Morgan fingerprint density at radius 3 is 2.65 bits per heavy atom. The monoisotopic (exact) mass is 254 g/mol. The highest BCUT2D eigenvalue weighted by atomic mass is 35.5. The lowest BCUT2D eigenvalue weighted by Gasteiger charge is -2.16. The number of ketones is 1. The average Bonchev–Trinajstić information content (AvgIpc) is 2.14. The van der Waals surface area contributed by atoms with E-state index in [1.807, 2.05) is 45.0 Å². The number of halogens is 1. The third-order valence-corrected chi connectivity index (χ3v) is 2.38. The van der Waals surface area contributed by atoms with Crippen LogP contribution in [0.1, 0.15) is 32.8 Å². The number of carbonyl (C=O) groups is 1. The van der Waals surface area contributed by atoms with E-state index in [9.17, 15) is 4.79 Å². The topological polar surface area (TPSA) is 26.3 Å². The molecule has 0 heterocycles. The molecule has 0 saturated carbocycles. The molecule has 94 valence electrons. The van der Waals surface area contributed by atoms with Gasteiger partial charge in [0.1, 0.15) is 6.61 Å². The number of hydrogen-bond donors (Lipinski definition) is 0. The second-order valence-corrected chi connectivity index (χ2v) is 5.84. The first kappa shape index (κ1) is 14.2. The number of benzene rings is 1. The van der Waals surface area contributed by atoms with Crippen molar-refractivity contribution in [3.05, 3.63) is 34.9 Å². The van der Waals surface area contributed by atoms with Crippen molar-refractivity contribution < 1.29 is 9.53 Å². The van der Waals surface area contributed by atoms with E-state index < -0.39 is 0 Å². The van der Waals surface area contributed by atoms with E-state index in [0.717, 1.165) is 5.56 Å². The molecule has 0 amide bonds. The molecule has 3 heteroatoms. The maximum atomic E-state index is 11.6. The lowest BCUT2D eigenvalue weighted by Crippen LogP contribution is -2.17. The zero-order chi connectivity index (χ0) is 12.9. The van der Waals surface area contributed by atoms with Crippen LogP contribution in [0.3, 0.4) is 0 Å². The Hall–Kier alpha value is -0.860. The fourth-order valence-electron chi connectivity index (χ4n) is 1.55. The Kier molecular flexibility index (Phi) is 5.16. The van der Waals surface area contributed by atoms with Crippen molar-refractivity contribution in [1.82, 2.24) is 0 Å². The van der Waals surface area contributed by atoms with E-state index in [-0.39, 0.29) is 17.8 Å². The van der Waals surface area contributed by atoms with Gasteiger partial charge >= 0.3 is 0 Å². The summed E-state index contributed by atoms with van der Waals surface area (Å²) in [5.41, 5.74) is 1.01. The summed E-state index contributed by atoms with van der Waals surface area (Å²) in [6.07, 6.45) is 0.544. The predicted molar refractivity (Wildman–Crippen MR) is 70.2 cm³/mol. The Labute approximate surface area is 108 Å². The van der Waals surface area contributed by atoms with Crippen molar-refractivity contribution in [2.75, 3.05) is 6.61 Å². The summed E-state index contributed by atoms with van der Waals surface area (Å²) in [7, 11) is 0. The molecule has 0 fully saturated rings. The molecule has 0 bridgehead atoms. The van der Waals surface area contributed by atoms with Gasteiger partial charge in [0.15, 0.2) is 5.78 Å². The highest BCUT2D eigenvalue weighted by molar-refractivity contribution is 6.30. The first-order valence-electron chi connectivity index (χ1n) is 5.71. The number of rotatable bonds is 5. The van der Waals surface area contributed by atoms with Crippen LogP contribution in [-0.4, -0.2) is 12.4 Å². The Morgan fingerprint density at radius 2 is 2.06 bits per heavy atom. The van der Waals surface area contributed by atoms with Crippen LogP contribution >= 0.6 is 11.6 Å². The summed E-state index contributed by atoms with van der Waals surface area (Å²) in [6, 6.07) is 7.46. The molecule has 0 aromatic heterocycles. The van der Waals surface area contributed by atoms with E-state index in [1.54, 1.807) is 0 Å². The minimum atomic E-state index is 0.0243. The highest BCUT2D eigenvalue weighted by Crippen LogP contribution is 2.18. The van der Waals surface area contributed by atoms with Gasteiger partial charge in [0, 0.05) is 11.4 Å². The Morgan fingerprint density at radius 1 is 1.35 bits per heavy atom. The normalized spacial score (nSPS) is 11.5. The summed E-state index contributed by atoms with van der Waals surface area (Å²) >= 11 is 5.85. The molecule has 0 saturated heterocycles. The molecule has 0 aliphatic heterocycles. The van der Waals surface area contributed by atoms with Gasteiger partial charge in [0.25, 0.3) is 0 Å². The summed E-state index contributed by atoms with van der Waals surface area (Å²) in [4.78, 5) is 11.6. The van der Waals surface area contributed by atoms with Gasteiger partial charge in [0.05, 0.1) is 6.61 Å². The molecule has 2 nitrogen and oxygen atoms in total. The number of Topliss-reactive ketones (excluding diaryl/α,β-unsaturated/α-hetero) is 1. The van der Waals surface area contributed by atoms with Crippen LogP contribution in [0.5, 0.6) is 0 Å². The van der Waals surface area contributed by atoms with E-state index in [4.69, 9.17) is 16.3 Å². The van der Waals surface area contributed by atoms with Crippen molar-refractivity contribution in [2.24, 2.45) is 5.41 Å². The second kappa shape index (κ2) is 6.18. The van der Waals surface area contributed by atoms with Gasteiger partial charge in [-0.3, -0.25) is 4.79 Å². The van der Waals surface area contributed by atoms with Crippen LogP contribution in [0.25, 0.3) is 0 Å². The maximum Gasteiger partial charge on any atom is 0.159 e. The quantitative estimate of drug-likeness (QED) is 0.798. The molecule has 0 atom stereocenters. The van der Waals surface area contributed by atoms with Gasteiger partial charge in [-0.15, -0.1) is 0 Å².